The Morgan fingerprint density at radius 3 is 2.58 bits per heavy atom. The standard InChI is InChI=1S/C22H21FN4O5S/c1-27(13-4-2-12(23)3-5-13)33(31,32)14-6-8-18-15(10-14)20-16(17(24)7-9-19(28)29)11-25-21(20)22(30)26-18/h2-6,8,10-11,17,25H,7,9,24H2,1H3,(H,26,30)(H,28,29). The summed E-state index contributed by atoms with van der Waals surface area (Å²) in [6.07, 6.45) is 1.52. The van der Waals surface area contributed by atoms with Crippen LogP contribution in [0, 0.1) is 5.82 Å². The van der Waals surface area contributed by atoms with Crippen LogP contribution in [0.2, 0.25) is 0 Å². The summed E-state index contributed by atoms with van der Waals surface area (Å²) in [4.78, 5) is 29.0. The first-order chi connectivity index (χ1) is 15.6. The average Bonchev–Trinajstić information content (AvgIpc) is 3.23. The Morgan fingerprint density at radius 2 is 1.91 bits per heavy atom. The summed E-state index contributed by atoms with van der Waals surface area (Å²) >= 11 is 0. The molecule has 2 heterocycles. The van der Waals surface area contributed by atoms with Crippen molar-refractivity contribution in [2.24, 2.45) is 5.73 Å². The van der Waals surface area contributed by atoms with Crippen molar-refractivity contribution in [3.05, 3.63) is 70.4 Å². The molecule has 4 aromatic rings. The number of hydrogen-bond acceptors (Lipinski definition) is 5. The summed E-state index contributed by atoms with van der Waals surface area (Å²) in [5.41, 5.74) is 7.21. The van der Waals surface area contributed by atoms with Gasteiger partial charge in [0.15, 0.2) is 0 Å². The van der Waals surface area contributed by atoms with E-state index in [-0.39, 0.29) is 28.9 Å². The van der Waals surface area contributed by atoms with Crippen LogP contribution in [0.4, 0.5) is 10.1 Å². The predicted molar refractivity (Wildman–Crippen MR) is 122 cm³/mol. The monoisotopic (exact) mass is 472 g/mol. The highest BCUT2D eigenvalue weighted by atomic mass is 32.2. The lowest BCUT2D eigenvalue weighted by atomic mass is 10.00. The maximum absolute atomic E-state index is 13.3. The number of rotatable bonds is 7. The number of nitrogens with one attached hydrogen (secondary N) is 2. The van der Waals surface area contributed by atoms with Gasteiger partial charge in [-0.15, -0.1) is 0 Å². The molecule has 0 fully saturated rings. The summed E-state index contributed by atoms with van der Waals surface area (Å²) in [5, 5.41) is 9.85. The molecule has 0 saturated heterocycles. The van der Waals surface area contributed by atoms with E-state index in [1.54, 1.807) is 0 Å². The lowest BCUT2D eigenvalue weighted by Gasteiger charge is -2.20. The van der Waals surface area contributed by atoms with Crippen molar-refractivity contribution < 1.29 is 22.7 Å². The van der Waals surface area contributed by atoms with E-state index in [2.05, 4.69) is 9.97 Å². The van der Waals surface area contributed by atoms with Gasteiger partial charge in [-0.05, 0) is 54.4 Å². The van der Waals surface area contributed by atoms with Crippen molar-refractivity contribution in [2.75, 3.05) is 11.4 Å². The van der Waals surface area contributed by atoms with E-state index in [0.29, 0.717) is 21.9 Å². The fourth-order valence-electron chi connectivity index (χ4n) is 3.77. The summed E-state index contributed by atoms with van der Waals surface area (Å²) in [7, 11) is -2.65. The molecule has 0 aliphatic heterocycles. The van der Waals surface area contributed by atoms with Gasteiger partial charge >= 0.3 is 5.97 Å². The minimum absolute atomic E-state index is 0.0403. The van der Waals surface area contributed by atoms with E-state index in [1.807, 2.05) is 0 Å². The number of nitrogens with two attached hydrogens (primary N) is 1. The van der Waals surface area contributed by atoms with Crippen molar-refractivity contribution in [1.82, 2.24) is 9.97 Å². The zero-order valence-electron chi connectivity index (χ0n) is 17.5. The van der Waals surface area contributed by atoms with E-state index in [9.17, 15) is 22.4 Å². The van der Waals surface area contributed by atoms with Crippen LogP contribution in [0.5, 0.6) is 0 Å². The van der Waals surface area contributed by atoms with Gasteiger partial charge in [-0.3, -0.25) is 13.9 Å². The van der Waals surface area contributed by atoms with Crippen LogP contribution < -0.4 is 15.6 Å². The topological polar surface area (TPSA) is 149 Å². The number of sulfonamides is 1. The molecular weight excluding hydrogens is 451 g/mol. The second-order valence-corrected chi connectivity index (χ2v) is 9.61. The predicted octanol–water partition coefficient (Wildman–Crippen LogP) is 2.84. The molecule has 0 radical (unpaired) electrons. The maximum atomic E-state index is 13.3. The van der Waals surface area contributed by atoms with E-state index in [0.717, 1.165) is 4.31 Å². The van der Waals surface area contributed by atoms with Gasteiger partial charge in [-0.1, -0.05) is 0 Å². The molecule has 5 N–H and O–H groups in total. The number of hydrogen-bond donors (Lipinski definition) is 4. The van der Waals surface area contributed by atoms with Crippen LogP contribution in [0.25, 0.3) is 21.8 Å². The third kappa shape index (κ3) is 4.08. The van der Waals surface area contributed by atoms with Gasteiger partial charge in [0.2, 0.25) is 0 Å². The Morgan fingerprint density at radius 1 is 1.21 bits per heavy atom. The first-order valence-corrected chi connectivity index (χ1v) is 11.4. The summed E-state index contributed by atoms with van der Waals surface area (Å²) in [5.74, 6) is -1.48. The van der Waals surface area contributed by atoms with Crippen LogP contribution in [-0.4, -0.2) is 36.5 Å². The Bertz CT molecular complexity index is 1530. The summed E-state index contributed by atoms with van der Waals surface area (Å²) < 4.78 is 40.8. The molecule has 172 valence electrons. The van der Waals surface area contributed by atoms with Crippen molar-refractivity contribution in [3.63, 3.8) is 0 Å². The van der Waals surface area contributed by atoms with Gasteiger partial charge in [0, 0.05) is 42.0 Å². The first-order valence-electron chi connectivity index (χ1n) is 9.98. The molecule has 0 bridgehead atoms. The summed E-state index contributed by atoms with van der Waals surface area (Å²) in [6, 6.07) is 8.66. The fraction of sp³-hybridized carbons (Fsp3) is 0.182. The van der Waals surface area contributed by atoms with Gasteiger partial charge in [-0.25, -0.2) is 12.8 Å². The molecule has 11 heteroatoms. The number of pyridine rings is 1. The van der Waals surface area contributed by atoms with Crippen LogP contribution in [0.3, 0.4) is 0 Å². The lowest BCUT2D eigenvalue weighted by molar-refractivity contribution is -0.137. The van der Waals surface area contributed by atoms with Gasteiger partial charge in [0.05, 0.1) is 10.6 Å². The number of carbonyl (C=O) groups is 1. The number of carboxylic acids is 1. The largest absolute Gasteiger partial charge is 0.481 e. The second-order valence-electron chi connectivity index (χ2n) is 7.64. The highest BCUT2D eigenvalue weighted by molar-refractivity contribution is 7.92. The smallest absolute Gasteiger partial charge is 0.303 e. The number of halogens is 1. The molecule has 4 rings (SSSR count). The number of nitrogens with zero attached hydrogens (tertiary/aromatic N) is 1. The minimum Gasteiger partial charge on any atom is -0.481 e. The van der Waals surface area contributed by atoms with Crippen molar-refractivity contribution in [2.45, 2.75) is 23.8 Å². The fourth-order valence-corrected chi connectivity index (χ4v) is 4.99. The average molecular weight is 472 g/mol. The molecule has 0 spiro atoms. The molecule has 2 aromatic carbocycles. The maximum Gasteiger partial charge on any atom is 0.303 e. The number of aliphatic carboxylic acids is 1. The molecule has 2 aromatic heterocycles. The number of benzene rings is 2. The number of aromatic amines is 2. The summed E-state index contributed by atoms with van der Waals surface area (Å²) in [6.45, 7) is 0. The molecule has 0 aliphatic rings. The molecule has 0 aliphatic carbocycles. The molecule has 33 heavy (non-hydrogen) atoms. The highest BCUT2D eigenvalue weighted by Crippen LogP contribution is 2.32. The minimum atomic E-state index is -4.01. The van der Waals surface area contributed by atoms with Gasteiger partial charge in [0.25, 0.3) is 15.6 Å². The third-order valence-electron chi connectivity index (χ3n) is 5.56. The zero-order valence-corrected chi connectivity index (χ0v) is 18.3. The van der Waals surface area contributed by atoms with Gasteiger partial charge in [-0.2, -0.15) is 0 Å². The number of carboxylic acid groups (broad SMARTS) is 1. The van der Waals surface area contributed by atoms with E-state index in [4.69, 9.17) is 10.8 Å². The third-order valence-corrected chi connectivity index (χ3v) is 7.35. The number of aromatic nitrogens is 2. The Kier molecular flexibility index (Phi) is 5.68. The van der Waals surface area contributed by atoms with Crippen molar-refractivity contribution in [3.8, 4) is 0 Å². The molecule has 1 atom stereocenters. The number of H-pyrrole nitrogens is 2. The van der Waals surface area contributed by atoms with Crippen LogP contribution >= 0.6 is 0 Å². The second kappa shape index (κ2) is 8.34. The van der Waals surface area contributed by atoms with Gasteiger partial charge < -0.3 is 20.8 Å². The SMILES string of the molecule is CN(c1ccc(F)cc1)S(=O)(=O)c1ccc2[nH]c(=O)c3[nH]cc(C(N)CCC(=O)O)c3c2c1. The number of anilines is 1. The first kappa shape index (κ1) is 22.5. The number of fused-ring (bicyclic) bond motifs is 3. The molecular formula is C22H21FN4O5S. The molecule has 1 unspecified atom stereocenters. The Hall–Kier alpha value is -3.70. The van der Waals surface area contributed by atoms with Crippen LogP contribution in [-0.2, 0) is 14.8 Å². The highest BCUT2D eigenvalue weighted by Gasteiger charge is 2.24. The van der Waals surface area contributed by atoms with Crippen LogP contribution in [0.15, 0.2) is 58.4 Å². The van der Waals surface area contributed by atoms with Crippen LogP contribution in [0.1, 0.15) is 24.4 Å². The molecule has 0 saturated carbocycles. The van der Waals surface area contributed by atoms with E-state index < -0.39 is 33.4 Å². The quantitative estimate of drug-likeness (QED) is 0.325. The van der Waals surface area contributed by atoms with E-state index in [1.165, 1.54) is 55.7 Å². The lowest BCUT2D eigenvalue weighted by Crippen LogP contribution is -2.26. The Balaban J connectivity index is 1.87. The van der Waals surface area contributed by atoms with Crippen molar-refractivity contribution >= 4 is 43.5 Å². The zero-order chi connectivity index (χ0) is 23.9. The van der Waals surface area contributed by atoms with Crippen molar-refractivity contribution in [1.29, 1.82) is 0 Å². The normalized spacial score (nSPS) is 12.8. The van der Waals surface area contributed by atoms with Gasteiger partial charge in [0.1, 0.15) is 11.3 Å². The molecule has 9 nitrogen and oxygen atoms in total. The molecule has 0 amide bonds. The van der Waals surface area contributed by atoms with E-state index >= 15 is 0 Å². The Labute approximate surface area is 187 Å².